The summed E-state index contributed by atoms with van der Waals surface area (Å²) in [7, 11) is 1.79. The van der Waals surface area contributed by atoms with E-state index in [9.17, 15) is 0 Å². The van der Waals surface area contributed by atoms with Crippen LogP contribution in [0.15, 0.2) is 12.3 Å². The minimum Gasteiger partial charge on any atom is -0.359 e. The molecule has 0 aliphatic carbocycles. The molecule has 0 unspecified atom stereocenters. The molecule has 0 atom stereocenters. The van der Waals surface area contributed by atoms with Crippen LogP contribution in [0.4, 0.5) is 5.95 Å². The number of rotatable bonds is 1. The van der Waals surface area contributed by atoms with Crippen molar-refractivity contribution in [1.29, 1.82) is 0 Å². The predicted molar refractivity (Wildman–Crippen MR) is 39.0 cm³/mol. The molecule has 2 N–H and O–H groups in total. The predicted octanol–water partition coefficient (Wildman–Crippen LogP) is 1.18. The highest BCUT2D eigenvalue weighted by molar-refractivity contribution is 7.71. The number of aromatic amines is 1. The lowest BCUT2D eigenvalue weighted by molar-refractivity contribution is 1.14. The Morgan fingerprint density at radius 3 is 3.00 bits per heavy atom. The lowest BCUT2D eigenvalue weighted by atomic mass is 10.7. The number of anilines is 1. The maximum absolute atomic E-state index is 4.83. The van der Waals surface area contributed by atoms with E-state index >= 15 is 0 Å². The molecule has 0 amide bonds. The quantitative estimate of drug-likeness (QED) is 0.577. The summed E-state index contributed by atoms with van der Waals surface area (Å²) in [5.74, 6) is 0.697. The van der Waals surface area contributed by atoms with E-state index < -0.39 is 0 Å². The normalized spacial score (nSPS) is 9.00. The van der Waals surface area contributed by atoms with Crippen LogP contribution in [-0.2, 0) is 0 Å². The molecule has 1 aromatic rings. The summed E-state index contributed by atoms with van der Waals surface area (Å²) in [6, 6.07) is 1.73. The number of hydrogen-bond acceptors (Lipinski definition) is 3. The van der Waals surface area contributed by atoms with Gasteiger partial charge in [0.25, 0.3) is 0 Å². The van der Waals surface area contributed by atoms with Crippen molar-refractivity contribution in [3.05, 3.63) is 16.9 Å². The average molecular weight is 141 g/mol. The second-order valence-corrected chi connectivity index (χ2v) is 1.97. The fourth-order valence-corrected chi connectivity index (χ4v) is 0.655. The first kappa shape index (κ1) is 6.22. The van der Waals surface area contributed by atoms with Crippen molar-refractivity contribution in [2.24, 2.45) is 0 Å². The zero-order valence-electron chi connectivity index (χ0n) is 5.01. The van der Waals surface area contributed by atoms with Crippen LogP contribution in [0.1, 0.15) is 0 Å². The molecule has 48 valence electrons. The summed E-state index contributed by atoms with van der Waals surface area (Å²) < 4.78 is 0.689. The Hall–Kier alpha value is -0.900. The largest absolute Gasteiger partial charge is 0.359 e. The average Bonchev–Trinajstić information content (AvgIpc) is 1.88. The molecule has 0 aliphatic heterocycles. The highest BCUT2D eigenvalue weighted by atomic mass is 32.1. The summed E-state index contributed by atoms with van der Waals surface area (Å²) in [6.45, 7) is 0. The van der Waals surface area contributed by atoms with E-state index in [-0.39, 0.29) is 0 Å². The molecule has 1 rings (SSSR count). The van der Waals surface area contributed by atoms with Gasteiger partial charge >= 0.3 is 0 Å². The zero-order chi connectivity index (χ0) is 6.69. The molecule has 9 heavy (non-hydrogen) atoms. The van der Waals surface area contributed by atoms with Gasteiger partial charge in [-0.15, -0.1) is 0 Å². The van der Waals surface area contributed by atoms with Crippen molar-refractivity contribution in [3.63, 3.8) is 0 Å². The van der Waals surface area contributed by atoms with E-state index in [0.717, 1.165) is 0 Å². The first-order valence-electron chi connectivity index (χ1n) is 2.56. The van der Waals surface area contributed by atoms with Crippen LogP contribution in [0.25, 0.3) is 0 Å². The minimum absolute atomic E-state index is 0.689. The summed E-state index contributed by atoms with van der Waals surface area (Å²) in [5.41, 5.74) is 0. The minimum atomic E-state index is 0.689. The lowest BCUT2D eigenvalue weighted by Crippen LogP contribution is -1.94. The number of hydrogen-bond donors (Lipinski definition) is 2. The van der Waals surface area contributed by atoms with Gasteiger partial charge < -0.3 is 10.3 Å². The smallest absolute Gasteiger partial charge is 0.200 e. The van der Waals surface area contributed by atoms with Gasteiger partial charge in [-0.25, -0.2) is 4.98 Å². The Labute approximate surface area is 58.1 Å². The standard InChI is InChI=1S/C5H7N3S/c1-6-5-7-3-2-4(9)8-5/h2-3H,1H3,(H2,6,7,8,9). The fraction of sp³-hybridized carbons (Fsp3) is 0.200. The highest BCUT2D eigenvalue weighted by Gasteiger charge is 1.83. The van der Waals surface area contributed by atoms with E-state index in [1.807, 2.05) is 0 Å². The first-order valence-corrected chi connectivity index (χ1v) is 2.97. The Morgan fingerprint density at radius 2 is 2.56 bits per heavy atom. The van der Waals surface area contributed by atoms with E-state index in [0.29, 0.717) is 10.6 Å². The molecule has 4 heteroatoms. The van der Waals surface area contributed by atoms with Crippen LogP contribution >= 0.6 is 12.2 Å². The molecule has 0 fully saturated rings. The van der Waals surface area contributed by atoms with Crippen LogP contribution in [0.5, 0.6) is 0 Å². The van der Waals surface area contributed by atoms with Crippen molar-refractivity contribution < 1.29 is 0 Å². The number of H-pyrrole nitrogens is 1. The second-order valence-electron chi connectivity index (χ2n) is 1.53. The van der Waals surface area contributed by atoms with Crippen LogP contribution in [0, 0.1) is 4.64 Å². The topological polar surface area (TPSA) is 40.7 Å². The van der Waals surface area contributed by atoms with E-state index in [2.05, 4.69) is 15.3 Å². The number of nitrogens with one attached hydrogen (secondary N) is 2. The third kappa shape index (κ3) is 1.50. The maximum Gasteiger partial charge on any atom is 0.200 e. The van der Waals surface area contributed by atoms with Gasteiger partial charge in [0.2, 0.25) is 5.95 Å². The second kappa shape index (κ2) is 2.59. The molecule has 0 aromatic carbocycles. The number of aromatic nitrogens is 2. The Bertz CT molecular complexity index is 242. The summed E-state index contributed by atoms with van der Waals surface area (Å²) >= 11 is 4.83. The Kier molecular flexibility index (Phi) is 1.79. The Morgan fingerprint density at radius 1 is 1.78 bits per heavy atom. The third-order valence-electron chi connectivity index (χ3n) is 0.908. The molecule has 0 bridgehead atoms. The van der Waals surface area contributed by atoms with Gasteiger partial charge in [0.05, 0.1) is 0 Å². The van der Waals surface area contributed by atoms with Gasteiger partial charge in [-0.3, -0.25) is 0 Å². The van der Waals surface area contributed by atoms with Gasteiger partial charge in [-0.05, 0) is 6.07 Å². The molecular weight excluding hydrogens is 134 g/mol. The fourth-order valence-electron chi connectivity index (χ4n) is 0.497. The zero-order valence-corrected chi connectivity index (χ0v) is 5.83. The van der Waals surface area contributed by atoms with Crippen LogP contribution in [0.2, 0.25) is 0 Å². The van der Waals surface area contributed by atoms with Crippen molar-refractivity contribution in [2.75, 3.05) is 12.4 Å². The van der Waals surface area contributed by atoms with Crippen molar-refractivity contribution in [1.82, 2.24) is 9.97 Å². The molecule has 1 heterocycles. The molecular formula is C5H7N3S. The van der Waals surface area contributed by atoms with Crippen LogP contribution < -0.4 is 5.32 Å². The molecule has 0 radical (unpaired) electrons. The molecule has 0 saturated heterocycles. The first-order chi connectivity index (χ1) is 4.33. The van der Waals surface area contributed by atoms with Crippen LogP contribution in [0.3, 0.4) is 0 Å². The van der Waals surface area contributed by atoms with Gasteiger partial charge in [0.15, 0.2) is 0 Å². The van der Waals surface area contributed by atoms with Gasteiger partial charge in [-0.1, -0.05) is 12.2 Å². The van der Waals surface area contributed by atoms with E-state index in [4.69, 9.17) is 12.2 Å². The summed E-state index contributed by atoms with van der Waals surface area (Å²) in [5, 5.41) is 2.83. The van der Waals surface area contributed by atoms with E-state index in [1.165, 1.54) is 0 Å². The highest BCUT2D eigenvalue weighted by Crippen LogP contribution is 1.92. The SMILES string of the molecule is CNc1nccc(=S)[nH]1. The maximum atomic E-state index is 4.83. The number of nitrogens with zero attached hydrogens (tertiary/aromatic N) is 1. The lowest BCUT2D eigenvalue weighted by Gasteiger charge is -1.94. The summed E-state index contributed by atoms with van der Waals surface area (Å²) in [4.78, 5) is 6.77. The molecule has 1 aromatic heterocycles. The monoisotopic (exact) mass is 141 g/mol. The van der Waals surface area contributed by atoms with Crippen molar-refractivity contribution >= 4 is 18.2 Å². The Balaban J connectivity index is 3.08. The third-order valence-corrected chi connectivity index (χ3v) is 1.15. The molecule has 0 saturated carbocycles. The molecule has 0 spiro atoms. The molecule has 0 aliphatic rings. The van der Waals surface area contributed by atoms with Gasteiger partial charge in [0, 0.05) is 13.2 Å². The van der Waals surface area contributed by atoms with Crippen LogP contribution in [-0.4, -0.2) is 17.0 Å². The van der Waals surface area contributed by atoms with E-state index in [1.54, 1.807) is 19.3 Å². The summed E-state index contributed by atoms with van der Waals surface area (Å²) in [6.07, 6.45) is 1.66. The van der Waals surface area contributed by atoms with Gasteiger partial charge in [-0.2, -0.15) is 0 Å². The molecule has 3 nitrogen and oxygen atoms in total. The van der Waals surface area contributed by atoms with Crippen molar-refractivity contribution in [2.45, 2.75) is 0 Å². The van der Waals surface area contributed by atoms with Crippen molar-refractivity contribution in [3.8, 4) is 0 Å². The van der Waals surface area contributed by atoms with Gasteiger partial charge in [0.1, 0.15) is 4.64 Å².